The van der Waals surface area contributed by atoms with E-state index in [2.05, 4.69) is 38.5 Å². The molecule has 1 atom stereocenters. The Morgan fingerprint density at radius 3 is 2.33 bits per heavy atom. The molecule has 0 amide bonds. The van der Waals surface area contributed by atoms with Crippen molar-refractivity contribution in [1.29, 1.82) is 0 Å². The predicted octanol–water partition coefficient (Wildman–Crippen LogP) is 3.79. The average Bonchev–Trinajstić information content (AvgIpc) is 2.22. The van der Waals surface area contributed by atoms with Gasteiger partial charge in [-0.3, -0.25) is 4.90 Å². The van der Waals surface area contributed by atoms with Crippen LogP contribution in [0.3, 0.4) is 0 Å². The van der Waals surface area contributed by atoms with Gasteiger partial charge in [-0.2, -0.15) is 0 Å². The SMILES string of the molecule is C#CC(CCCCC)CN(CC)C(C)C.[HH]. The topological polar surface area (TPSA) is 3.24 Å². The number of terminal acetylenes is 1. The van der Waals surface area contributed by atoms with Gasteiger partial charge in [0.15, 0.2) is 0 Å². The first-order valence-corrected chi connectivity index (χ1v) is 6.35. The van der Waals surface area contributed by atoms with E-state index >= 15 is 0 Å². The molecular formula is C14H29N. The number of hydrogen-bond acceptors (Lipinski definition) is 1. The standard InChI is InChI=1S/C14H27N.H2/c1-6-9-10-11-14(7-2)12-15(8-3)13(4)5;/h2,13-14H,6,8-12H2,1,3-5H3;1H. The molecule has 0 aliphatic heterocycles. The fourth-order valence-corrected chi connectivity index (χ4v) is 1.86. The van der Waals surface area contributed by atoms with Crippen LogP contribution < -0.4 is 0 Å². The van der Waals surface area contributed by atoms with Crippen LogP contribution in [0.1, 0.15) is 54.8 Å². The Kier molecular flexibility index (Phi) is 8.52. The Morgan fingerprint density at radius 1 is 1.27 bits per heavy atom. The van der Waals surface area contributed by atoms with Crippen LogP contribution >= 0.6 is 0 Å². The second kappa shape index (κ2) is 8.80. The smallest absolute Gasteiger partial charge is 0.0327 e. The highest BCUT2D eigenvalue weighted by Gasteiger charge is 2.12. The summed E-state index contributed by atoms with van der Waals surface area (Å²) in [5, 5.41) is 0. The van der Waals surface area contributed by atoms with E-state index in [1.807, 2.05) is 0 Å². The van der Waals surface area contributed by atoms with Crippen LogP contribution in [0.5, 0.6) is 0 Å². The van der Waals surface area contributed by atoms with Gasteiger partial charge in [-0.25, -0.2) is 0 Å². The van der Waals surface area contributed by atoms with Crippen molar-refractivity contribution in [3.63, 3.8) is 0 Å². The van der Waals surface area contributed by atoms with E-state index in [1.54, 1.807) is 0 Å². The third kappa shape index (κ3) is 6.57. The molecule has 0 spiro atoms. The van der Waals surface area contributed by atoms with Gasteiger partial charge in [0.2, 0.25) is 0 Å². The summed E-state index contributed by atoms with van der Waals surface area (Å²) in [5.74, 6) is 3.38. The third-order valence-electron chi connectivity index (χ3n) is 2.98. The lowest BCUT2D eigenvalue weighted by Gasteiger charge is -2.27. The van der Waals surface area contributed by atoms with Crippen LogP contribution in [0.25, 0.3) is 0 Å². The molecule has 0 fully saturated rings. The number of nitrogens with zero attached hydrogens (tertiary/aromatic N) is 1. The Labute approximate surface area is 97.7 Å². The molecule has 0 aromatic carbocycles. The molecule has 0 rings (SSSR count). The summed E-state index contributed by atoms with van der Waals surface area (Å²) in [4.78, 5) is 2.45. The largest absolute Gasteiger partial charge is 0.300 e. The molecule has 1 unspecified atom stereocenters. The molecule has 0 aromatic heterocycles. The Hall–Kier alpha value is -0.480. The number of unbranched alkanes of at least 4 members (excludes halogenated alkanes) is 2. The van der Waals surface area contributed by atoms with Crippen molar-refractivity contribution in [1.82, 2.24) is 4.90 Å². The van der Waals surface area contributed by atoms with Crippen molar-refractivity contribution in [3.05, 3.63) is 0 Å². The minimum Gasteiger partial charge on any atom is -0.300 e. The molecule has 0 bridgehead atoms. The lowest BCUT2D eigenvalue weighted by Crippen LogP contribution is -2.34. The highest BCUT2D eigenvalue weighted by Crippen LogP contribution is 2.12. The molecule has 0 heterocycles. The van der Waals surface area contributed by atoms with Crippen molar-refractivity contribution < 1.29 is 1.43 Å². The molecular weight excluding hydrogens is 182 g/mol. The van der Waals surface area contributed by atoms with Crippen LogP contribution in [-0.4, -0.2) is 24.0 Å². The molecule has 0 aromatic rings. The molecule has 1 nitrogen and oxygen atoms in total. The first kappa shape index (κ1) is 14.5. The van der Waals surface area contributed by atoms with Crippen molar-refractivity contribution >= 4 is 0 Å². The summed E-state index contributed by atoms with van der Waals surface area (Å²) in [6.07, 6.45) is 10.6. The van der Waals surface area contributed by atoms with Gasteiger partial charge in [0.1, 0.15) is 0 Å². The Balaban J connectivity index is 0. The molecule has 90 valence electrons. The van der Waals surface area contributed by atoms with Gasteiger partial charge in [0, 0.05) is 19.9 Å². The summed E-state index contributed by atoms with van der Waals surface area (Å²) in [6.45, 7) is 11.1. The lowest BCUT2D eigenvalue weighted by atomic mass is 10.0. The predicted molar refractivity (Wildman–Crippen MR) is 71.0 cm³/mol. The van der Waals surface area contributed by atoms with E-state index in [1.165, 1.54) is 25.7 Å². The van der Waals surface area contributed by atoms with E-state index in [0.29, 0.717) is 12.0 Å². The van der Waals surface area contributed by atoms with Gasteiger partial charge in [0.05, 0.1) is 0 Å². The molecule has 0 saturated carbocycles. The summed E-state index contributed by atoms with van der Waals surface area (Å²) in [7, 11) is 0. The molecule has 0 aliphatic carbocycles. The lowest BCUT2D eigenvalue weighted by molar-refractivity contribution is 0.209. The van der Waals surface area contributed by atoms with Crippen molar-refractivity contribution in [3.8, 4) is 12.3 Å². The zero-order chi connectivity index (χ0) is 11.7. The quantitative estimate of drug-likeness (QED) is 0.436. The highest BCUT2D eigenvalue weighted by molar-refractivity contribution is 4.94. The second-order valence-corrected chi connectivity index (χ2v) is 4.54. The maximum Gasteiger partial charge on any atom is 0.0327 e. The van der Waals surface area contributed by atoms with Crippen LogP contribution in [0.15, 0.2) is 0 Å². The molecule has 0 radical (unpaired) electrons. The Morgan fingerprint density at radius 2 is 1.93 bits per heavy atom. The monoisotopic (exact) mass is 211 g/mol. The first-order valence-electron chi connectivity index (χ1n) is 6.35. The van der Waals surface area contributed by atoms with E-state index in [0.717, 1.165) is 13.1 Å². The van der Waals surface area contributed by atoms with Crippen molar-refractivity contribution in [2.24, 2.45) is 5.92 Å². The van der Waals surface area contributed by atoms with Gasteiger partial charge in [-0.1, -0.05) is 33.1 Å². The minimum atomic E-state index is 0. The zero-order valence-electron chi connectivity index (χ0n) is 10.9. The summed E-state index contributed by atoms with van der Waals surface area (Å²) >= 11 is 0. The van der Waals surface area contributed by atoms with E-state index < -0.39 is 0 Å². The zero-order valence-corrected chi connectivity index (χ0v) is 10.9. The molecule has 0 N–H and O–H groups in total. The Bertz CT molecular complexity index is 184. The fraction of sp³-hybridized carbons (Fsp3) is 0.857. The van der Waals surface area contributed by atoms with E-state index in [9.17, 15) is 0 Å². The molecule has 1 heteroatoms. The van der Waals surface area contributed by atoms with Gasteiger partial charge in [-0.15, -0.1) is 12.3 Å². The van der Waals surface area contributed by atoms with Crippen LogP contribution in [0.2, 0.25) is 0 Å². The highest BCUT2D eigenvalue weighted by atomic mass is 15.1. The van der Waals surface area contributed by atoms with Crippen molar-refractivity contribution in [2.75, 3.05) is 13.1 Å². The third-order valence-corrected chi connectivity index (χ3v) is 2.98. The van der Waals surface area contributed by atoms with Gasteiger partial charge >= 0.3 is 0 Å². The first-order chi connectivity index (χ1) is 7.15. The number of rotatable bonds is 8. The maximum atomic E-state index is 5.58. The van der Waals surface area contributed by atoms with Crippen molar-refractivity contribution in [2.45, 2.75) is 59.4 Å². The molecule has 15 heavy (non-hydrogen) atoms. The second-order valence-electron chi connectivity index (χ2n) is 4.54. The fourth-order valence-electron chi connectivity index (χ4n) is 1.86. The van der Waals surface area contributed by atoms with E-state index in [-0.39, 0.29) is 1.43 Å². The summed E-state index contributed by atoms with van der Waals surface area (Å²) in [5.41, 5.74) is 0. The van der Waals surface area contributed by atoms with Crippen LogP contribution in [0, 0.1) is 18.3 Å². The maximum absolute atomic E-state index is 5.58. The summed E-state index contributed by atoms with van der Waals surface area (Å²) in [6, 6.07) is 0.608. The van der Waals surface area contributed by atoms with E-state index in [4.69, 9.17) is 6.42 Å². The van der Waals surface area contributed by atoms with Crippen LogP contribution in [-0.2, 0) is 0 Å². The van der Waals surface area contributed by atoms with Gasteiger partial charge in [-0.05, 0) is 26.8 Å². The molecule has 0 saturated heterocycles. The summed E-state index contributed by atoms with van der Waals surface area (Å²) < 4.78 is 0. The normalized spacial score (nSPS) is 13.1. The number of hydrogen-bond donors (Lipinski definition) is 0. The van der Waals surface area contributed by atoms with Gasteiger partial charge in [0.25, 0.3) is 0 Å². The molecule has 0 aliphatic rings. The average molecular weight is 211 g/mol. The minimum absolute atomic E-state index is 0. The van der Waals surface area contributed by atoms with Crippen LogP contribution in [0.4, 0.5) is 0 Å². The van der Waals surface area contributed by atoms with Gasteiger partial charge < -0.3 is 0 Å².